The largest absolute Gasteiger partial charge is 0.269 e. The van der Waals surface area contributed by atoms with Gasteiger partial charge in [0.1, 0.15) is 0 Å². The van der Waals surface area contributed by atoms with Gasteiger partial charge in [-0.25, -0.2) is 0 Å². The predicted octanol–water partition coefficient (Wildman–Crippen LogP) is 3.33. The molecule has 0 atom stereocenters. The minimum atomic E-state index is 0. The summed E-state index contributed by atoms with van der Waals surface area (Å²) in [5.74, 6) is 0. The van der Waals surface area contributed by atoms with Crippen molar-refractivity contribution in [3.8, 4) is 0 Å². The lowest BCUT2D eigenvalue weighted by molar-refractivity contribution is 1.11. The molecule has 0 nitrogen and oxygen atoms in total. The Morgan fingerprint density at radius 2 is 0.400 bits per heavy atom. The molecule has 0 spiro atoms. The Balaban J connectivity index is -0.000000000833. The molecule has 0 saturated carbocycles. The zero-order chi connectivity index (χ0) is 4.00. The van der Waals surface area contributed by atoms with Gasteiger partial charge in [-0.05, 0) is 0 Å². The summed E-state index contributed by atoms with van der Waals surface area (Å²) in [5, 5.41) is 0. The van der Waals surface area contributed by atoms with Crippen LogP contribution in [0.25, 0.3) is 0 Å². The van der Waals surface area contributed by atoms with Crippen LogP contribution in [0.5, 0.6) is 0 Å². The van der Waals surface area contributed by atoms with Crippen molar-refractivity contribution in [1.29, 1.82) is 0 Å². The summed E-state index contributed by atoms with van der Waals surface area (Å²) in [6, 6.07) is 0. The molecule has 6 heteroatoms. The Labute approximate surface area is 78.1 Å². The molecule has 0 saturated heterocycles. The molecule has 0 amide bonds. The first-order chi connectivity index (χ1) is 2.00. The first-order valence-electron chi connectivity index (χ1n) is 1.000. The van der Waals surface area contributed by atoms with Gasteiger partial charge in [0.25, 0.3) is 0 Å². The number of halogens is 6. The highest BCUT2D eigenvalue weighted by atomic mass is 35.5. The molecule has 10 heavy (non-hydrogen) atoms. The van der Waals surface area contributed by atoms with Crippen molar-refractivity contribution in [3.05, 3.63) is 26.3 Å². The maximum atomic E-state index is 3.00. The van der Waals surface area contributed by atoms with Crippen molar-refractivity contribution in [1.82, 2.24) is 0 Å². The minimum Gasteiger partial charge on any atom is -0.269 e. The van der Waals surface area contributed by atoms with Gasteiger partial charge in [-0.1, -0.05) is 0 Å². The average molecular weight is 226 g/mol. The lowest BCUT2D eigenvalue weighted by Gasteiger charge is -0.813. The molecule has 0 bridgehead atoms. The van der Waals surface area contributed by atoms with E-state index in [1.165, 1.54) is 0 Å². The molecule has 0 unspecified atom stereocenters. The molecule has 0 aromatic carbocycles. The third kappa shape index (κ3) is 21200. The second kappa shape index (κ2) is 30900. The van der Waals surface area contributed by atoms with E-state index in [0.29, 0.717) is 0 Å². The molecule has 0 radical (unpaired) electrons. The maximum absolute atomic E-state index is 3.00. The second-order valence-electron chi connectivity index (χ2n) is 0. The first-order valence-corrected chi connectivity index (χ1v) is 1.000. The van der Waals surface area contributed by atoms with Crippen LogP contribution in [0.15, 0.2) is 26.3 Å². The van der Waals surface area contributed by atoms with Gasteiger partial charge in [-0.3, -0.25) is 14.1 Å². The zero-order valence-electron chi connectivity index (χ0n) is 5.28. The minimum absolute atomic E-state index is 0. The smallest absolute Gasteiger partial charge is 0.106 e. The summed E-state index contributed by atoms with van der Waals surface area (Å²) in [5.41, 5.74) is 0. The van der Waals surface area contributed by atoms with Crippen LogP contribution in [0.4, 0.5) is 14.1 Å². The van der Waals surface area contributed by atoms with Gasteiger partial charge in [-0.15, -0.1) is 63.5 Å². The van der Waals surface area contributed by atoms with Crippen molar-refractivity contribution in [3.63, 3.8) is 0 Å². The molecule has 0 N–H and O–H groups in total. The van der Waals surface area contributed by atoms with E-state index < -0.39 is 0 Å². The summed E-state index contributed by atoms with van der Waals surface area (Å²) in [6.07, 6.45) is 0. The van der Waals surface area contributed by atoms with E-state index >= 15 is 0 Å². The lowest BCUT2D eigenvalue weighted by Crippen LogP contribution is -0.552. The number of hydrogen-bond acceptors (Lipinski definition) is 0. The van der Waals surface area contributed by atoms with Crippen molar-refractivity contribution in [2.24, 2.45) is 0 Å². The summed E-state index contributed by atoms with van der Waals surface area (Å²) < 4.78 is 0. The molecule has 0 aliphatic carbocycles. The molecule has 72 valence electrons. The Kier molecular flexibility index (Phi) is 572000. The van der Waals surface area contributed by atoms with Crippen LogP contribution < -0.4 is 0 Å². The Hall–Kier alpha value is 0.140. The molecule has 0 aromatic heterocycles. The fourth-order valence-electron chi connectivity index (χ4n) is 0. The Morgan fingerprint density at radius 1 is 0.400 bits per heavy atom. The molecule has 0 aliphatic rings. The standard InChI is InChI=1S/2C2H4.3ClH.3FH/c2*1-2;;;;;;/h2*1-2H2;6*1H. The van der Waals surface area contributed by atoms with Crippen molar-refractivity contribution >= 4 is 37.2 Å². The molecule has 0 fully saturated rings. The number of rotatable bonds is 0. The Bertz CT molecular complexity index is 17.7. The molecular formula is C4H14Cl3F3. The molecular weight excluding hydrogens is 211 g/mol. The fourth-order valence-corrected chi connectivity index (χ4v) is 0. The van der Waals surface area contributed by atoms with Crippen LogP contribution in [0.2, 0.25) is 0 Å². The highest BCUT2D eigenvalue weighted by Crippen LogP contribution is 0.864. The topological polar surface area (TPSA) is 0 Å². The van der Waals surface area contributed by atoms with E-state index in [9.17, 15) is 0 Å². The summed E-state index contributed by atoms with van der Waals surface area (Å²) >= 11 is 0. The summed E-state index contributed by atoms with van der Waals surface area (Å²) in [4.78, 5) is 0. The quantitative estimate of drug-likeness (QED) is 0.555. The van der Waals surface area contributed by atoms with Gasteiger partial charge in [-0.2, -0.15) is 0 Å². The Morgan fingerprint density at radius 3 is 0.400 bits per heavy atom. The molecule has 0 aromatic rings. The second-order valence-corrected chi connectivity index (χ2v) is 0. The predicted molar refractivity (Wildman–Crippen MR) is 51.8 cm³/mol. The van der Waals surface area contributed by atoms with E-state index in [-0.39, 0.29) is 51.3 Å². The zero-order valence-corrected chi connectivity index (χ0v) is 7.73. The third-order valence-electron chi connectivity index (χ3n) is 0. The van der Waals surface area contributed by atoms with Crippen LogP contribution in [0, 0.1) is 0 Å². The van der Waals surface area contributed by atoms with Crippen LogP contribution in [-0.2, 0) is 0 Å². The van der Waals surface area contributed by atoms with Gasteiger partial charge in [0, 0.05) is 0 Å². The van der Waals surface area contributed by atoms with Crippen molar-refractivity contribution < 1.29 is 14.1 Å². The summed E-state index contributed by atoms with van der Waals surface area (Å²) in [7, 11) is 0. The van der Waals surface area contributed by atoms with Crippen LogP contribution in [0.3, 0.4) is 0 Å². The van der Waals surface area contributed by atoms with E-state index in [2.05, 4.69) is 26.3 Å². The monoisotopic (exact) mass is 224 g/mol. The average Bonchev–Trinajstić information content (AvgIpc) is 1.50. The maximum Gasteiger partial charge on any atom is -0.106 e. The van der Waals surface area contributed by atoms with Gasteiger partial charge in [0.2, 0.25) is 0 Å². The molecule has 0 heterocycles. The third-order valence-corrected chi connectivity index (χ3v) is 0. The van der Waals surface area contributed by atoms with E-state index in [1.807, 2.05) is 0 Å². The number of hydrogen-bond donors (Lipinski definition) is 0. The molecule has 0 aliphatic heterocycles. The normalized spacial score (nSPS) is 0.800. The van der Waals surface area contributed by atoms with Gasteiger partial charge >= 0.3 is 0 Å². The van der Waals surface area contributed by atoms with E-state index in [1.54, 1.807) is 0 Å². The summed E-state index contributed by atoms with van der Waals surface area (Å²) in [6.45, 7) is 12.0. The lowest BCUT2D eigenvalue weighted by atomic mass is 11.3. The highest BCUT2D eigenvalue weighted by molar-refractivity contribution is 5.86. The fraction of sp³-hybridized carbons (Fsp3) is 0. The first kappa shape index (κ1) is 185. The van der Waals surface area contributed by atoms with Gasteiger partial charge in [0.15, 0.2) is 0 Å². The van der Waals surface area contributed by atoms with Gasteiger partial charge in [0.05, 0.1) is 0 Å². The highest BCUT2D eigenvalue weighted by Gasteiger charge is 0.603. The molecule has 0 rings (SSSR count). The van der Waals surface area contributed by atoms with Crippen molar-refractivity contribution in [2.75, 3.05) is 0 Å². The van der Waals surface area contributed by atoms with Crippen molar-refractivity contribution in [2.45, 2.75) is 0 Å². The van der Waals surface area contributed by atoms with E-state index in [0.717, 1.165) is 0 Å². The van der Waals surface area contributed by atoms with E-state index in [4.69, 9.17) is 0 Å². The van der Waals surface area contributed by atoms with Gasteiger partial charge < -0.3 is 0 Å². The van der Waals surface area contributed by atoms with Crippen LogP contribution in [-0.4, -0.2) is 0 Å². The SMILES string of the molecule is C=C.C=C.Cl.Cl.Cl.F.F.F. The van der Waals surface area contributed by atoms with Crippen LogP contribution >= 0.6 is 37.2 Å². The van der Waals surface area contributed by atoms with Crippen LogP contribution in [0.1, 0.15) is 0 Å².